The molecule has 2 aromatic rings. The molecule has 0 aromatic heterocycles. The van der Waals surface area contributed by atoms with E-state index in [9.17, 15) is 4.79 Å². The molecule has 0 bridgehead atoms. The summed E-state index contributed by atoms with van der Waals surface area (Å²) in [6.07, 6.45) is 2.70. The average molecular weight is 370 g/mol. The van der Waals surface area contributed by atoms with Gasteiger partial charge in [-0.3, -0.25) is 9.69 Å². The van der Waals surface area contributed by atoms with E-state index in [1.54, 1.807) is 12.0 Å². The summed E-state index contributed by atoms with van der Waals surface area (Å²) in [6, 6.07) is 13.7. The number of benzene rings is 2. The Labute approximate surface area is 157 Å². The molecule has 0 aliphatic carbocycles. The molecule has 3 rings (SSSR count). The number of carbonyl (C=O) groups excluding carboxylic acids is 1. The van der Waals surface area contributed by atoms with Gasteiger partial charge in [-0.1, -0.05) is 67.3 Å². The molecular formula is C20H19NO2S2. The SMILES string of the molecule is CCc1cccc(C)c1N1C(=O)/C(=C\c2ccccc2OC)SC1=S. The first kappa shape index (κ1) is 17.7. The molecule has 0 N–H and O–H groups in total. The third-order valence-corrected chi connectivity index (χ3v) is 5.45. The fourth-order valence-corrected chi connectivity index (χ4v) is 4.17. The number of hydrogen-bond donors (Lipinski definition) is 0. The number of thiocarbonyl (C=S) groups is 1. The van der Waals surface area contributed by atoms with Crippen LogP contribution in [0.1, 0.15) is 23.6 Å². The van der Waals surface area contributed by atoms with Crippen LogP contribution in [0.3, 0.4) is 0 Å². The summed E-state index contributed by atoms with van der Waals surface area (Å²) in [5, 5.41) is 0. The summed E-state index contributed by atoms with van der Waals surface area (Å²) >= 11 is 6.85. The highest BCUT2D eigenvalue weighted by atomic mass is 32.2. The van der Waals surface area contributed by atoms with Crippen molar-refractivity contribution in [3.05, 3.63) is 64.1 Å². The summed E-state index contributed by atoms with van der Waals surface area (Å²) in [5.41, 5.74) is 3.95. The van der Waals surface area contributed by atoms with Crippen molar-refractivity contribution in [3.63, 3.8) is 0 Å². The fourth-order valence-electron chi connectivity index (χ4n) is 2.91. The summed E-state index contributed by atoms with van der Waals surface area (Å²) in [4.78, 5) is 15.3. The van der Waals surface area contributed by atoms with Crippen molar-refractivity contribution in [1.29, 1.82) is 0 Å². The molecular weight excluding hydrogens is 350 g/mol. The van der Waals surface area contributed by atoms with Gasteiger partial charge in [0.1, 0.15) is 5.75 Å². The molecule has 128 valence electrons. The number of methoxy groups -OCH3 is 1. The second-order valence-electron chi connectivity index (χ2n) is 5.70. The van der Waals surface area contributed by atoms with Crippen molar-refractivity contribution < 1.29 is 9.53 Å². The van der Waals surface area contributed by atoms with E-state index < -0.39 is 0 Å². The zero-order chi connectivity index (χ0) is 18.0. The molecule has 0 spiro atoms. The van der Waals surface area contributed by atoms with Crippen LogP contribution in [0, 0.1) is 6.92 Å². The highest BCUT2D eigenvalue weighted by Gasteiger charge is 2.35. The third-order valence-electron chi connectivity index (χ3n) is 4.15. The molecule has 3 nitrogen and oxygen atoms in total. The number of aryl methyl sites for hydroxylation is 2. The van der Waals surface area contributed by atoms with Crippen molar-refractivity contribution in [2.75, 3.05) is 12.0 Å². The molecule has 25 heavy (non-hydrogen) atoms. The van der Waals surface area contributed by atoms with Gasteiger partial charge >= 0.3 is 0 Å². The van der Waals surface area contributed by atoms with Gasteiger partial charge in [0.15, 0.2) is 4.32 Å². The quantitative estimate of drug-likeness (QED) is 0.562. The summed E-state index contributed by atoms with van der Waals surface area (Å²) in [5.74, 6) is 0.655. The molecule has 0 unspecified atom stereocenters. The van der Waals surface area contributed by atoms with Gasteiger partial charge < -0.3 is 4.74 Å². The summed E-state index contributed by atoms with van der Waals surface area (Å²) in [7, 11) is 1.62. The molecule has 2 aromatic carbocycles. The smallest absolute Gasteiger partial charge is 0.270 e. The van der Waals surface area contributed by atoms with Crippen molar-refractivity contribution in [3.8, 4) is 5.75 Å². The van der Waals surface area contributed by atoms with Gasteiger partial charge in [0.25, 0.3) is 5.91 Å². The van der Waals surface area contributed by atoms with Crippen LogP contribution in [0.15, 0.2) is 47.4 Å². The topological polar surface area (TPSA) is 29.5 Å². The minimum absolute atomic E-state index is 0.0788. The minimum atomic E-state index is -0.0788. The maximum Gasteiger partial charge on any atom is 0.270 e. The first-order chi connectivity index (χ1) is 12.1. The predicted molar refractivity (Wildman–Crippen MR) is 109 cm³/mol. The van der Waals surface area contributed by atoms with Crippen LogP contribution in [-0.2, 0) is 11.2 Å². The number of carbonyl (C=O) groups is 1. The molecule has 1 amide bonds. The number of rotatable bonds is 4. The van der Waals surface area contributed by atoms with Crippen LogP contribution in [0.4, 0.5) is 5.69 Å². The van der Waals surface area contributed by atoms with E-state index in [1.807, 2.05) is 55.5 Å². The lowest BCUT2D eigenvalue weighted by Gasteiger charge is -2.20. The predicted octanol–water partition coefficient (Wildman–Crippen LogP) is 4.97. The van der Waals surface area contributed by atoms with Gasteiger partial charge in [-0.15, -0.1) is 0 Å². The Morgan fingerprint density at radius 3 is 2.68 bits per heavy atom. The second kappa shape index (κ2) is 7.42. The molecule has 1 aliphatic rings. The standard InChI is InChI=1S/C20H19NO2S2/c1-4-14-10-7-8-13(2)18(14)21-19(22)17(25-20(21)24)12-15-9-5-6-11-16(15)23-3/h5-12H,4H2,1-3H3/b17-12+. The van der Waals surface area contributed by atoms with E-state index in [-0.39, 0.29) is 5.91 Å². The Balaban J connectivity index is 2.03. The van der Waals surface area contributed by atoms with Crippen molar-refractivity contribution in [2.24, 2.45) is 0 Å². The summed E-state index contributed by atoms with van der Waals surface area (Å²) in [6.45, 7) is 4.09. The van der Waals surface area contributed by atoms with E-state index in [2.05, 4.69) is 6.92 Å². The van der Waals surface area contributed by atoms with E-state index in [4.69, 9.17) is 17.0 Å². The number of ether oxygens (including phenoxy) is 1. The van der Waals surface area contributed by atoms with E-state index in [1.165, 1.54) is 11.8 Å². The fraction of sp³-hybridized carbons (Fsp3) is 0.200. The Morgan fingerprint density at radius 2 is 1.96 bits per heavy atom. The van der Waals surface area contributed by atoms with Crippen LogP contribution < -0.4 is 9.64 Å². The van der Waals surface area contributed by atoms with Gasteiger partial charge in [-0.25, -0.2) is 0 Å². The van der Waals surface area contributed by atoms with Crippen LogP contribution in [-0.4, -0.2) is 17.3 Å². The van der Waals surface area contributed by atoms with Gasteiger partial charge in [-0.05, 0) is 36.6 Å². The molecule has 1 saturated heterocycles. The average Bonchev–Trinajstić information content (AvgIpc) is 2.89. The molecule has 0 saturated carbocycles. The molecule has 1 fully saturated rings. The van der Waals surface area contributed by atoms with Gasteiger partial charge in [0, 0.05) is 5.56 Å². The molecule has 5 heteroatoms. The highest BCUT2D eigenvalue weighted by molar-refractivity contribution is 8.27. The van der Waals surface area contributed by atoms with Gasteiger partial charge in [0.2, 0.25) is 0 Å². The second-order valence-corrected chi connectivity index (χ2v) is 7.37. The zero-order valence-electron chi connectivity index (χ0n) is 14.4. The van der Waals surface area contributed by atoms with Crippen molar-refractivity contribution in [2.45, 2.75) is 20.3 Å². The number of hydrogen-bond acceptors (Lipinski definition) is 4. The number of anilines is 1. The summed E-state index contributed by atoms with van der Waals surface area (Å²) < 4.78 is 5.94. The number of nitrogens with zero attached hydrogens (tertiary/aromatic N) is 1. The van der Waals surface area contributed by atoms with E-state index in [0.717, 1.165) is 34.5 Å². The molecule has 0 atom stereocenters. The van der Waals surface area contributed by atoms with Crippen LogP contribution >= 0.6 is 24.0 Å². The monoisotopic (exact) mass is 369 g/mol. The number of amides is 1. The van der Waals surface area contributed by atoms with Crippen LogP contribution in [0.25, 0.3) is 6.08 Å². The Hall–Kier alpha value is -2.11. The molecule has 0 radical (unpaired) electrons. The van der Waals surface area contributed by atoms with Crippen molar-refractivity contribution >= 4 is 46.0 Å². The first-order valence-electron chi connectivity index (χ1n) is 8.06. The Morgan fingerprint density at radius 1 is 1.20 bits per heavy atom. The van der Waals surface area contributed by atoms with Crippen LogP contribution in [0.2, 0.25) is 0 Å². The Kier molecular flexibility index (Phi) is 5.25. The van der Waals surface area contributed by atoms with E-state index in [0.29, 0.717) is 9.23 Å². The molecule has 1 aliphatic heterocycles. The zero-order valence-corrected chi connectivity index (χ0v) is 16.0. The van der Waals surface area contributed by atoms with Gasteiger partial charge in [-0.2, -0.15) is 0 Å². The lowest BCUT2D eigenvalue weighted by Crippen LogP contribution is -2.29. The van der Waals surface area contributed by atoms with Crippen molar-refractivity contribution in [1.82, 2.24) is 0 Å². The first-order valence-corrected chi connectivity index (χ1v) is 9.28. The van der Waals surface area contributed by atoms with E-state index >= 15 is 0 Å². The van der Waals surface area contributed by atoms with Crippen LogP contribution in [0.5, 0.6) is 5.75 Å². The van der Waals surface area contributed by atoms with Gasteiger partial charge in [0.05, 0.1) is 17.7 Å². The maximum absolute atomic E-state index is 13.0. The lowest BCUT2D eigenvalue weighted by atomic mass is 10.0. The lowest BCUT2D eigenvalue weighted by molar-refractivity contribution is -0.113. The normalized spacial score (nSPS) is 16.0. The largest absolute Gasteiger partial charge is 0.496 e. The maximum atomic E-state index is 13.0. The highest BCUT2D eigenvalue weighted by Crippen LogP contribution is 2.39. The minimum Gasteiger partial charge on any atom is -0.496 e. The number of thioether (sulfide) groups is 1. The molecule has 1 heterocycles. The Bertz CT molecular complexity index is 874. The number of para-hydroxylation sites is 2. The third kappa shape index (κ3) is 3.34.